The quantitative estimate of drug-likeness (QED) is 0.562. The zero-order chi connectivity index (χ0) is 21.2. The van der Waals surface area contributed by atoms with Crippen LogP contribution in [0, 0.1) is 0 Å². The van der Waals surface area contributed by atoms with Crippen LogP contribution in [-0.2, 0) is 20.7 Å². The fraction of sp³-hybridized carbons (Fsp3) is 0.318. The average Bonchev–Trinajstić information content (AvgIpc) is 2.70. The molecule has 6 nitrogen and oxygen atoms in total. The zero-order valence-electron chi connectivity index (χ0n) is 16.5. The Labute approximate surface area is 179 Å². The van der Waals surface area contributed by atoms with Crippen LogP contribution in [0.25, 0.3) is 0 Å². The largest absolute Gasteiger partial charge is 0.454 e. The molecule has 2 N–H and O–H groups in total. The number of carbonyl (C=O) groups excluding carboxylic acids is 3. The SMILES string of the molecule is CC(C)c1ccc(CCNC(=O)COC(=O)CNC(=O)c2cccc(Br)c2)cc1. The van der Waals surface area contributed by atoms with Gasteiger partial charge in [-0.3, -0.25) is 14.4 Å². The lowest BCUT2D eigenvalue weighted by Gasteiger charge is -2.09. The first kappa shape index (κ1) is 22.6. The number of nitrogens with one attached hydrogen (secondary N) is 2. The molecule has 0 aliphatic heterocycles. The van der Waals surface area contributed by atoms with Gasteiger partial charge in [-0.25, -0.2) is 0 Å². The predicted octanol–water partition coefficient (Wildman–Crippen LogP) is 3.20. The van der Waals surface area contributed by atoms with Crippen LogP contribution in [0.3, 0.4) is 0 Å². The number of amides is 2. The van der Waals surface area contributed by atoms with E-state index in [1.54, 1.807) is 24.3 Å². The van der Waals surface area contributed by atoms with E-state index in [-0.39, 0.29) is 19.1 Å². The van der Waals surface area contributed by atoms with Crippen LogP contribution in [0.15, 0.2) is 53.0 Å². The lowest BCUT2D eigenvalue weighted by Crippen LogP contribution is -2.34. The first-order valence-corrected chi connectivity index (χ1v) is 10.2. The molecular weight excluding hydrogens is 436 g/mol. The minimum atomic E-state index is -0.673. The smallest absolute Gasteiger partial charge is 0.325 e. The molecule has 0 radical (unpaired) electrons. The summed E-state index contributed by atoms with van der Waals surface area (Å²) in [5.41, 5.74) is 2.82. The third-order valence-electron chi connectivity index (χ3n) is 4.23. The fourth-order valence-corrected chi connectivity index (χ4v) is 2.95. The molecular formula is C22H25BrN2O4. The molecule has 0 bridgehead atoms. The van der Waals surface area contributed by atoms with Crippen LogP contribution in [0.2, 0.25) is 0 Å². The summed E-state index contributed by atoms with van der Waals surface area (Å²) >= 11 is 3.28. The minimum absolute atomic E-state index is 0.305. The maximum absolute atomic E-state index is 12.0. The van der Waals surface area contributed by atoms with Gasteiger partial charge < -0.3 is 15.4 Å². The summed E-state index contributed by atoms with van der Waals surface area (Å²) < 4.78 is 5.65. The number of hydrogen-bond donors (Lipinski definition) is 2. The monoisotopic (exact) mass is 460 g/mol. The average molecular weight is 461 g/mol. The Morgan fingerprint density at radius 1 is 1.03 bits per heavy atom. The van der Waals surface area contributed by atoms with Crippen molar-refractivity contribution in [2.24, 2.45) is 0 Å². The number of ether oxygens (including phenoxy) is 1. The van der Waals surface area contributed by atoms with Gasteiger partial charge >= 0.3 is 5.97 Å². The molecule has 0 aliphatic rings. The highest BCUT2D eigenvalue weighted by molar-refractivity contribution is 9.10. The zero-order valence-corrected chi connectivity index (χ0v) is 18.1. The molecule has 2 aromatic rings. The predicted molar refractivity (Wildman–Crippen MR) is 115 cm³/mol. The molecule has 0 heterocycles. The van der Waals surface area contributed by atoms with Crippen molar-refractivity contribution in [2.75, 3.05) is 19.7 Å². The Balaban J connectivity index is 1.63. The minimum Gasteiger partial charge on any atom is -0.454 e. The number of rotatable bonds is 9. The fourth-order valence-electron chi connectivity index (χ4n) is 2.55. The van der Waals surface area contributed by atoms with Crippen LogP contribution in [-0.4, -0.2) is 37.5 Å². The molecule has 0 saturated heterocycles. The van der Waals surface area contributed by atoms with Gasteiger partial charge in [-0.15, -0.1) is 0 Å². The van der Waals surface area contributed by atoms with E-state index in [1.165, 1.54) is 5.56 Å². The van der Waals surface area contributed by atoms with E-state index >= 15 is 0 Å². The van der Waals surface area contributed by atoms with E-state index in [1.807, 2.05) is 0 Å². The third-order valence-corrected chi connectivity index (χ3v) is 4.72. The first-order chi connectivity index (χ1) is 13.8. The Morgan fingerprint density at radius 3 is 2.41 bits per heavy atom. The molecule has 29 heavy (non-hydrogen) atoms. The molecule has 7 heteroatoms. The van der Waals surface area contributed by atoms with E-state index in [0.29, 0.717) is 24.4 Å². The summed E-state index contributed by atoms with van der Waals surface area (Å²) in [5, 5.41) is 5.17. The van der Waals surface area contributed by atoms with Gasteiger partial charge in [-0.2, -0.15) is 0 Å². The van der Waals surface area contributed by atoms with E-state index < -0.39 is 11.9 Å². The van der Waals surface area contributed by atoms with Gasteiger partial charge in [0.15, 0.2) is 6.61 Å². The van der Waals surface area contributed by atoms with Crippen LogP contribution in [0.1, 0.15) is 41.3 Å². The van der Waals surface area contributed by atoms with Crippen molar-refractivity contribution in [3.63, 3.8) is 0 Å². The molecule has 154 valence electrons. The lowest BCUT2D eigenvalue weighted by molar-refractivity contribution is -0.147. The van der Waals surface area contributed by atoms with Crippen LogP contribution in [0.4, 0.5) is 0 Å². The van der Waals surface area contributed by atoms with Gasteiger partial charge in [0, 0.05) is 16.6 Å². The summed E-state index contributed by atoms with van der Waals surface area (Å²) in [6, 6.07) is 15.1. The molecule has 2 amide bonds. The van der Waals surface area contributed by atoms with Crippen molar-refractivity contribution in [3.05, 3.63) is 69.7 Å². The molecule has 0 atom stereocenters. The van der Waals surface area contributed by atoms with E-state index in [2.05, 4.69) is 64.7 Å². The van der Waals surface area contributed by atoms with Gasteiger partial charge in [-0.1, -0.05) is 60.1 Å². The number of esters is 1. The third kappa shape index (κ3) is 8.07. The molecule has 0 spiro atoms. The Bertz CT molecular complexity index is 850. The second kappa shape index (κ2) is 11.4. The maximum Gasteiger partial charge on any atom is 0.325 e. The van der Waals surface area contributed by atoms with Crippen molar-refractivity contribution in [1.29, 1.82) is 0 Å². The standard InChI is InChI=1S/C22H25BrN2O4/c1-15(2)17-8-6-16(7-9-17)10-11-24-20(26)14-29-21(27)13-25-22(28)18-4-3-5-19(23)12-18/h3-9,12,15H,10-11,13-14H2,1-2H3,(H,24,26)(H,25,28). The molecule has 0 unspecified atom stereocenters. The van der Waals surface area contributed by atoms with Crippen molar-refractivity contribution >= 4 is 33.7 Å². The normalized spacial score (nSPS) is 10.5. The van der Waals surface area contributed by atoms with Crippen molar-refractivity contribution < 1.29 is 19.1 Å². The van der Waals surface area contributed by atoms with Gasteiger partial charge in [0.25, 0.3) is 11.8 Å². The Kier molecular flexibility index (Phi) is 8.86. The number of carbonyl (C=O) groups is 3. The summed E-state index contributed by atoms with van der Waals surface area (Å²) in [5.74, 6) is -0.961. The van der Waals surface area contributed by atoms with Crippen molar-refractivity contribution in [3.8, 4) is 0 Å². The van der Waals surface area contributed by atoms with Crippen molar-refractivity contribution in [1.82, 2.24) is 10.6 Å². The molecule has 0 aliphatic carbocycles. The van der Waals surface area contributed by atoms with E-state index in [4.69, 9.17) is 4.74 Å². The van der Waals surface area contributed by atoms with Crippen LogP contribution < -0.4 is 10.6 Å². The maximum atomic E-state index is 12.0. The number of halogens is 1. The second-order valence-electron chi connectivity index (χ2n) is 6.85. The van der Waals surface area contributed by atoms with Gasteiger partial charge in [0.2, 0.25) is 0 Å². The highest BCUT2D eigenvalue weighted by Crippen LogP contribution is 2.14. The summed E-state index contributed by atoms with van der Waals surface area (Å²) in [6.07, 6.45) is 0.695. The number of benzene rings is 2. The lowest BCUT2D eigenvalue weighted by atomic mass is 10.0. The van der Waals surface area contributed by atoms with Crippen LogP contribution in [0.5, 0.6) is 0 Å². The summed E-state index contributed by atoms with van der Waals surface area (Å²) in [6.45, 7) is 4.06. The molecule has 2 rings (SSSR count). The Hall–Kier alpha value is -2.67. The first-order valence-electron chi connectivity index (χ1n) is 9.40. The molecule has 0 fully saturated rings. The highest BCUT2D eigenvalue weighted by Gasteiger charge is 2.11. The van der Waals surface area contributed by atoms with E-state index in [0.717, 1.165) is 10.0 Å². The van der Waals surface area contributed by atoms with E-state index in [9.17, 15) is 14.4 Å². The summed E-state index contributed by atoms with van der Waals surface area (Å²) in [4.78, 5) is 35.5. The van der Waals surface area contributed by atoms with Gasteiger partial charge in [0.1, 0.15) is 6.54 Å². The van der Waals surface area contributed by atoms with Crippen molar-refractivity contribution in [2.45, 2.75) is 26.2 Å². The number of hydrogen-bond acceptors (Lipinski definition) is 4. The van der Waals surface area contributed by atoms with Crippen LogP contribution >= 0.6 is 15.9 Å². The van der Waals surface area contributed by atoms with Gasteiger partial charge in [-0.05, 0) is 41.7 Å². The molecule has 0 saturated carbocycles. The van der Waals surface area contributed by atoms with Gasteiger partial charge in [0.05, 0.1) is 0 Å². The highest BCUT2D eigenvalue weighted by atomic mass is 79.9. The Morgan fingerprint density at radius 2 is 1.76 bits per heavy atom. The molecule has 0 aromatic heterocycles. The molecule has 2 aromatic carbocycles. The topological polar surface area (TPSA) is 84.5 Å². The summed E-state index contributed by atoms with van der Waals surface area (Å²) in [7, 11) is 0. The second-order valence-corrected chi connectivity index (χ2v) is 7.77.